The standard InChI is InChI=1S/C12H11BF3N2O/c1-9-2-10(5-17-4-9)8-19-12-3-11(6-18-7-12)13(14,15)16/h2-7H,8H2,1H3/q-1. The molecular formula is C12H11BF3N2O-. The van der Waals surface area contributed by atoms with E-state index >= 15 is 0 Å². The molecule has 7 heteroatoms. The summed E-state index contributed by atoms with van der Waals surface area (Å²) in [4.78, 5) is 7.52. The highest BCUT2D eigenvalue weighted by atomic mass is 19.4. The Morgan fingerprint density at radius 2 is 1.79 bits per heavy atom. The van der Waals surface area contributed by atoms with Gasteiger partial charge in [-0.1, -0.05) is 5.46 Å². The van der Waals surface area contributed by atoms with Gasteiger partial charge in [0.05, 0.1) is 6.20 Å². The molecule has 0 spiro atoms. The van der Waals surface area contributed by atoms with Crippen LogP contribution < -0.4 is 10.2 Å². The van der Waals surface area contributed by atoms with E-state index in [0.717, 1.165) is 23.4 Å². The molecule has 2 heterocycles. The van der Waals surface area contributed by atoms with E-state index in [2.05, 4.69) is 9.97 Å². The summed E-state index contributed by atoms with van der Waals surface area (Å²) in [5.41, 5.74) is 0.995. The summed E-state index contributed by atoms with van der Waals surface area (Å²) in [6.45, 7) is -3.02. The first-order valence-corrected chi connectivity index (χ1v) is 5.63. The second kappa shape index (κ2) is 5.30. The zero-order chi connectivity index (χ0) is 13.9. The van der Waals surface area contributed by atoms with Crippen LogP contribution in [0.4, 0.5) is 12.9 Å². The Balaban J connectivity index is 2.08. The van der Waals surface area contributed by atoms with Gasteiger partial charge in [0.1, 0.15) is 12.4 Å². The molecule has 0 radical (unpaired) electrons. The van der Waals surface area contributed by atoms with Crippen molar-refractivity contribution in [1.82, 2.24) is 9.97 Å². The lowest BCUT2D eigenvalue weighted by Gasteiger charge is -2.15. The Hall–Kier alpha value is -2.05. The largest absolute Gasteiger partial charge is 0.511 e. The average Bonchev–Trinajstić information content (AvgIpc) is 2.36. The number of nitrogens with zero attached hydrogens (tertiary/aromatic N) is 2. The van der Waals surface area contributed by atoms with Gasteiger partial charge < -0.3 is 17.7 Å². The molecule has 2 aromatic rings. The van der Waals surface area contributed by atoms with Gasteiger partial charge in [-0.05, 0) is 24.6 Å². The van der Waals surface area contributed by atoms with E-state index in [0.29, 0.717) is 0 Å². The minimum atomic E-state index is -5.06. The van der Waals surface area contributed by atoms with Crippen LogP contribution in [0.3, 0.4) is 0 Å². The molecule has 0 fully saturated rings. The number of hydrogen-bond donors (Lipinski definition) is 0. The maximum atomic E-state index is 12.5. The quantitative estimate of drug-likeness (QED) is 0.798. The monoisotopic (exact) mass is 267 g/mol. The second-order valence-corrected chi connectivity index (χ2v) is 4.19. The number of hydrogen-bond acceptors (Lipinski definition) is 3. The molecule has 0 aliphatic heterocycles. The van der Waals surface area contributed by atoms with Crippen LogP contribution in [0.5, 0.6) is 5.75 Å². The smallest absolute Gasteiger partial charge is 0.487 e. The molecule has 0 aliphatic carbocycles. The third kappa shape index (κ3) is 3.71. The lowest BCUT2D eigenvalue weighted by molar-refractivity contribution is 0.304. The highest BCUT2D eigenvalue weighted by Gasteiger charge is 2.26. The minimum Gasteiger partial charge on any atom is -0.487 e. The van der Waals surface area contributed by atoms with Crippen molar-refractivity contribution < 1.29 is 17.7 Å². The molecule has 100 valence electrons. The van der Waals surface area contributed by atoms with E-state index < -0.39 is 12.4 Å². The van der Waals surface area contributed by atoms with E-state index in [1.54, 1.807) is 12.4 Å². The topological polar surface area (TPSA) is 35.0 Å². The maximum Gasteiger partial charge on any atom is 0.511 e. The number of aryl methyl sites for hydroxylation is 1. The van der Waals surface area contributed by atoms with Crippen molar-refractivity contribution in [2.24, 2.45) is 0 Å². The summed E-state index contributed by atoms with van der Waals surface area (Å²) in [6, 6.07) is 2.81. The Morgan fingerprint density at radius 1 is 1.05 bits per heavy atom. The van der Waals surface area contributed by atoms with Gasteiger partial charge in [-0.3, -0.25) is 9.97 Å². The van der Waals surface area contributed by atoms with Crippen LogP contribution in [0.1, 0.15) is 11.1 Å². The Morgan fingerprint density at radius 3 is 2.47 bits per heavy atom. The number of rotatable bonds is 4. The van der Waals surface area contributed by atoms with Crippen molar-refractivity contribution >= 4 is 12.4 Å². The Kier molecular flexibility index (Phi) is 3.73. The molecule has 0 saturated heterocycles. The fraction of sp³-hybridized carbons (Fsp3) is 0.167. The first-order chi connectivity index (χ1) is 8.95. The van der Waals surface area contributed by atoms with Crippen LogP contribution in [0.25, 0.3) is 0 Å². The molecule has 0 aromatic carbocycles. The molecule has 0 N–H and O–H groups in total. The van der Waals surface area contributed by atoms with E-state index in [-0.39, 0.29) is 12.4 Å². The number of ether oxygens (including phenoxy) is 1. The molecule has 3 nitrogen and oxygen atoms in total. The molecule has 2 aromatic heterocycles. The molecule has 0 atom stereocenters. The number of pyridine rings is 2. The van der Waals surface area contributed by atoms with Gasteiger partial charge in [0.25, 0.3) is 0 Å². The molecule has 19 heavy (non-hydrogen) atoms. The molecule has 0 aliphatic rings. The van der Waals surface area contributed by atoms with E-state index in [4.69, 9.17) is 4.74 Å². The predicted molar refractivity (Wildman–Crippen MR) is 66.3 cm³/mol. The summed E-state index contributed by atoms with van der Waals surface area (Å²) >= 11 is 0. The van der Waals surface area contributed by atoms with Gasteiger partial charge >= 0.3 is 6.98 Å². The first-order valence-electron chi connectivity index (χ1n) is 5.63. The molecule has 2 rings (SSSR count). The normalized spacial score (nSPS) is 11.4. The SMILES string of the molecule is Cc1cncc(COc2cncc([B-](F)(F)F)c2)c1. The van der Waals surface area contributed by atoms with Crippen molar-refractivity contribution in [2.75, 3.05) is 0 Å². The van der Waals surface area contributed by atoms with Crippen LogP contribution in [-0.4, -0.2) is 16.9 Å². The van der Waals surface area contributed by atoms with Crippen molar-refractivity contribution in [3.63, 3.8) is 0 Å². The Labute approximate surface area is 108 Å². The van der Waals surface area contributed by atoms with Crippen molar-refractivity contribution in [2.45, 2.75) is 13.5 Å². The molecule has 0 bridgehead atoms. The van der Waals surface area contributed by atoms with E-state index in [9.17, 15) is 12.9 Å². The summed E-state index contributed by atoms with van der Waals surface area (Å²) in [5, 5.41) is 0. The number of aromatic nitrogens is 2. The van der Waals surface area contributed by atoms with Gasteiger partial charge in [0, 0.05) is 24.2 Å². The Bertz CT molecular complexity index is 575. The van der Waals surface area contributed by atoms with Gasteiger partial charge in [-0.2, -0.15) is 0 Å². The summed E-state index contributed by atoms with van der Waals surface area (Å²) in [6.07, 6.45) is 5.35. The van der Waals surface area contributed by atoms with Crippen LogP contribution in [-0.2, 0) is 6.61 Å². The molecule has 0 saturated carbocycles. The fourth-order valence-electron chi connectivity index (χ4n) is 1.56. The summed E-state index contributed by atoms with van der Waals surface area (Å²) < 4.78 is 42.9. The fourth-order valence-corrected chi connectivity index (χ4v) is 1.56. The van der Waals surface area contributed by atoms with Crippen molar-refractivity contribution in [3.05, 3.63) is 48.0 Å². The lowest BCUT2D eigenvalue weighted by Crippen LogP contribution is -2.34. The van der Waals surface area contributed by atoms with Crippen molar-refractivity contribution in [1.29, 1.82) is 0 Å². The molecule has 0 amide bonds. The zero-order valence-electron chi connectivity index (χ0n) is 10.2. The minimum absolute atomic E-state index is 0.0956. The highest BCUT2D eigenvalue weighted by Crippen LogP contribution is 2.14. The van der Waals surface area contributed by atoms with Crippen molar-refractivity contribution in [3.8, 4) is 5.75 Å². The zero-order valence-corrected chi connectivity index (χ0v) is 10.2. The van der Waals surface area contributed by atoms with Gasteiger partial charge in [0.2, 0.25) is 0 Å². The summed E-state index contributed by atoms with van der Waals surface area (Å²) in [5.74, 6) is 0.0956. The molecular weight excluding hydrogens is 256 g/mol. The van der Waals surface area contributed by atoms with Crippen LogP contribution in [0, 0.1) is 6.92 Å². The van der Waals surface area contributed by atoms with Crippen LogP contribution >= 0.6 is 0 Å². The molecule has 0 unspecified atom stereocenters. The average molecular weight is 267 g/mol. The lowest BCUT2D eigenvalue weighted by atomic mass is 9.81. The van der Waals surface area contributed by atoms with Crippen LogP contribution in [0.2, 0.25) is 0 Å². The second-order valence-electron chi connectivity index (χ2n) is 4.19. The van der Waals surface area contributed by atoms with E-state index in [1.807, 2.05) is 13.0 Å². The van der Waals surface area contributed by atoms with Gasteiger partial charge in [0.15, 0.2) is 0 Å². The van der Waals surface area contributed by atoms with Gasteiger partial charge in [-0.25, -0.2) is 0 Å². The third-order valence-corrected chi connectivity index (χ3v) is 2.45. The number of halogens is 3. The first kappa shape index (κ1) is 13.4. The van der Waals surface area contributed by atoms with Crippen LogP contribution in [0.15, 0.2) is 36.9 Å². The van der Waals surface area contributed by atoms with Gasteiger partial charge in [-0.15, -0.1) is 0 Å². The van der Waals surface area contributed by atoms with E-state index in [1.165, 1.54) is 6.20 Å². The third-order valence-electron chi connectivity index (χ3n) is 2.45. The summed E-state index contributed by atoms with van der Waals surface area (Å²) in [7, 11) is 0. The maximum absolute atomic E-state index is 12.5. The highest BCUT2D eigenvalue weighted by molar-refractivity contribution is 6.73. The predicted octanol–water partition coefficient (Wildman–Crippen LogP) is 2.42.